The smallest absolute Gasteiger partial charge is 0.314 e. The third-order valence-corrected chi connectivity index (χ3v) is 22.1. The molecule has 112 heavy (non-hydrogen) atoms. The molecular weight excluding hydrogens is 1540 g/mol. The van der Waals surface area contributed by atoms with Crippen molar-refractivity contribution in [3.8, 4) is 134 Å². The molecule has 9 aromatic heterocycles. The second-order valence-corrected chi connectivity index (χ2v) is 28.5. The van der Waals surface area contributed by atoms with Crippen LogP contribution in [-0.2, 0) is 20.1 Å². The van der Waals surface area contributed by atoms with E-state index >= 15 is 0 Å². The van der Waals surface area contributed by atoms with Gasteiger partial charge in [0.1, 0.15) is 0 Å². The van der Waals surface area contributed by atoms with Crippen LogP contribution in [0, 0.1) is 18.2 Å². The van der Waals surface area contributed by atoms with Crippen molar-refractivity contribution in [3.63, 3.8) is 0 Å². The average molecular weight is 1600 g/mol. The summed E-state index contributed by atoms with van der Waals surface area (Å²) in [7, 11) is 0. The first-order chi connectivity index (χ1) is 55.0. The largest absolute Gasteiger partial charge is 3.00 e. The first kappa shape index (κ1) is 65.8. The number of hydrogen-bond acceptors (Lipinski definition) is 6. The van der Waals surface area contributed by atoms with Crippen molar-refractivity contribution in [2.75, 3.05) is 0 Å². The van der Waals surface area contributed by atoms with Gasteiger partial charge < -0.3 is 28.2 Å². The SMILES string of the molecule is [Ir+3].[c-]1cc(-c2ccccc2-c2cc(-c3ccccc3-c3c[c-]c4c(c3)c3cncn3c3cc(-c5cccc(-c6ccccc6)c5)cnc43)cc(-c3ccccc3-c3c[c-]c4c(c3)c3cncn3c3cc(-c5cccc(-c6ccccc6)c5)cnc43)c2)cc2c1c1ncc(-c3cccc(-c4ccccc4)c3)cc1n1cncc21. The Morgan fingerprint density at radius 3 is 0.723 bits per heavy atom. The predicted octanol–water partition coefficient (Wildman–Crippen LogP) is 25.1. The maximum Gasteiger partial charge on any atom is 3.00 e. The molecule has 0 aliphatic heterocycles. The fourth-order valence-electron chi connectivity index (χ4n) is 16.8. The monoisotopic (exact) mass is 1600 g/mol. The van der Waals surface area contributed by atoms with E-state index in [-0.39, 0.29) is 20.1 Å². The van der Waals surface area contributed by atoms with E-state index in [1.807, 2.05) is 56.2 Å². The van der Waals surface area contributed by atoms with E-state index in [1.54, 1.807) is 0 Å². The Bertz CT molecular complexity index is 6810. The summed E-state index contributed by atoms with van der Waals surface area (Å²) >= 11 is 0. The molecule has 0 aliphatic carbocycles. The van der Waals surface area contributed by atoms with Crippen LogP contribution in [0.5, 0.6) is 0 Å². The molecule has 22 aromatic rings. The van der Waals surface area contributed by atoms with Crippen molar-refractivity contribution in [2.45, 2.75) is 0 Å². The van der Waals surface area contributed by atoms with Gasteiger partial charge in [0.2, 0.25) is 0 Å². The molecule has 22 rings (SSSR count). The van der Waals surface area contributed by atoms with Crippen LogP contribution in [0.2, 0.25) is 0 Å². The number of hydrogen-bond donors (Lipinski definition) is 0. The van der Waals surface area contributed by atoms with Gasteiger partial charge in [0.05, 0.1) is 19.0 Å². The summed E-state index contributed by atoms with van der Waals surface area (Å²) in [6.45, 7) is 0. The van der Waals surface area contributed by atoms with Gasteiger partial charge >= 0.3 is 20.1 Å². The fraction of sp³-hybridized carbons (Fsp3) is 0. The van der Waals surface area contributed by atoms with Crippen molar-refractivity contribution < 1.29 is 20.1 Å². The summed E-state index contributed by atoms with van der Waals surface area (Å²) in [6.07, 6.45) is 17.5. The van der Waals surface area contributed by atoms with E-state index in [0.29, 0.717) is 0 Å². The van der Waals surface area contributed by atoms with Crippen LogP contribution < -0.4 is 0 Å². The van der Waals surface area contributed by atoms with Gasteiger partial charge in [-0.3, -0.25) is 0 Å². The van der Waals surface area contributed by atoms with Gasteiger partial charge in [0.25, 0.3) is 0 Å². The summed E-state index contributed by atoms with van der Waals surface area (Å²) < 4.78 is 6.51. The number of fused-ring (bicyclic) bond motifs is 18. The van der Waals surface area contributed by atoms with Crippen LogP contribution in [-0.4, -0.2) is 43.1 Å². The first-order valence-corrected chi connectivity index (χ1v) is 37.2. The van der Waals surface area contributed by atoms with E-state index in [9.17, 15) is 0 Å². The number of rotatable bonds is 12. The Morgan fingerprint density at radius 2 is 0.438 bits per heavy atom. The van der Waals surface area contributed by atoms with Gasteiger partial charge in [0, 0.05) is 104 Å². The van der Waals surface area contributed by atoms with Crippen LogP contribution in [0.15, 0.2) is 366 Å². The molecule has 0 N–H and O–H groups in total. The second-order valence-electron chi connectivity index (χ2n) is 28.5. The molecule has 0 atom stereocenters. The zero-order chi connectivity index (χ0) is 73.0. The molecule has 9 heterocycles. The summed E-state index contributed by atoms with van der Waals surface area (Å²) in [5.41, 5.74) is 34.2. The minimum atomic E-state index is 0. The van der Waals surface area contributed by atoms with Crippen molar-refractivity contribution in [2.24, 2.45) is 0 Å². The number of aromatic nitrogens is 9. The topological polar surface area (TPSA) is 90.6 Å². The standard InChI is InChI=1S/C102H60N9.Ir/c1-4-19-64(20-5-1)67-25-16-28-70(43-67)79-52-94-100(106-55-79)88-40-37-73(49-91(88)97-58-103-61-109(94)97)82-31-10-13-34-85(82)76-46-77(86-35-14-11-32-83(86)74-38-41-89-92(50-74)98-59-104-62-110(98)95-53-80(56-107-101(89)95)71-29-17-26-68(44-71)65-21-6-2-7-22-65)48-78(47-76)87-36-15-12-33-84(87)75-39-42-90-93(51-75)99-60-105-63-111(99)96-54-81(57-108-102(90)96)72-30-18-27-69(45-72)66-23-8-3-9-24-66;/h1-39,43-63H;/q-3;+3. The van der Waals surface area contributed by atoms with Crippen LogP contribution in [0.25, 0.3) is 215 Å². The molecule has 0 amide bonds. The minimum Gasteiger partial charge on any atom is -0.314 e. The molecule has 522 valence electrons. The van der Waals surface area contributed by atoms with Crippen LogP contribution in [0.1, 0.15) is 0 Å². The molecule has 0 bridgehead atoms. The van der Waals surface area contributed by atoms with Gasteiger partial charge in [-0.25, -0.2) is 15.0 Å². The molecule has 9 nitrogen and oxygen atoms in total. The third-order valence-electron chi connectivity index (χ3n) is 22.1. The van der Waals surface area contributed by atoms with Crippen LogP contribution in [0.4, 0.5) is 0 Å². The first-order valence-electron chi connectivity index (χ1n) is 37.2. The molecule has 0 fully saturated rings. The Kier molecular flexibility index (Phi) is 15.9. The van der Waals surface area contributed by atoms with Gasteiger partial charge in [-0.05, 0) is 138 Å². The van der Waals surface area contributed by atoms with E-state index < -0.39 is 0 Å². The maximum atomic E-state index is 5.24. The summed E-state index contributed by atoms with van der Waals surface area (Å²) in [5, 5.41) is 5.82. The zero-order valence-electron chi connectivity index (χ0n) is 60.0. The molecular formula is C102H60IrN9. The number of pyridine rings is 6. The Balaban J connectivity index is 0.00000792. The van der Waals surface area contributed by atoms with Crippen molar-refractivity contribution in [1.29, 1.82) is 0 Å². The Hall–Kier alpha value is -14.4. The van der Waals surface area contributed by atoms with E-state index in [2.05, 4.69) is 341 Å². The van der Waals surface area contributed by atoms with E-state index in [4.69, 9.17) is 29.9 Å². The number of benzene rings is 13. The van der Waals surface area contributed by atoms with Gasteiger partial charge in [-0.15, -0.1) is 70.8 Å². The molecule has 0 unspecified atom stereocenters. The van der Waals surface area contributed by atoms with Crippen molar-refractivity contribution >= 4 is 82.0 Å². The van der Waals surface area contributed by atoms with Gasteiger partial charge in [0.15, 0.2) is 0 Å². The van der Waals surface area contributed by atoms with E-state index in [0.717, 1.165) is 199 Å². The number of imidazole rings is 3. The Morgan fingerprint density at radius 1 is 0.196 bits per heavy atom. The van der Waals surface area contributed by atoms with Gasteiger partial charge in [-0.1, -0.05) is 268 Å². The summed E-state index contributed by atoms with van der Waals surface area (Å²) in [4.78, 5) is 30.1. The zero-order valence-corrected chi connectivity index (χ0v) is 62.4. The molecule has 0 spiro atoms. The molecule has 13 aromatic carbocycles. The van der Waals surface area contributed by atoms with Crippen LogP contribution >= 0.6 is 0 Å². The summed E-state index contributed by atoms with van der Waals surface area (Å²) in [6, 6.07) is 122. The van der Waals surface area contributed by atoms with Crippen molar-refractivity contribution in [1.82, 2.24) is 43.1 Å². The van der Waals surface area contributed by atoms with Gasteiger partial charge in [-0.2, -0.15) is 0 Å². The molecule has 0 radical (unpaired) electrons. The fourth-order valence-corrected chi connectivity index (χ4v) is 16.8. The molecule has 0 saturated carbocycles. The normalized spacial score (nSPS) is 11.7. The second kappa shape index (κ2) is 27.1. The molecule has 0 saturated heterocycles. The quantitative estimate of drug-likeness (QED) is 0.0894. The van der Waals surface area contributed by atoms with E-state index in [1.165, 1.54) is 16.7 Å². The third kappa shape index (κ3) is 11.2. The summed E-state index contributed by atoms with van der Waals surface area (Å²) in [5.74, 6) is 0. The predicted molar refractivity (Wildman–Crippen MR) is 453 cm³/mol. The number of nitrogens with zero attached hydrogens (tertiary/aromatic N) is 9. The molecule has 10 heteroatoms. The minimum absolute atomic E-state index is 0. The maximum absolute atomic E-state index is 5.24. The molecule has 0 aliphatic rings. The Labute approximate surface area is 657 Å². The average Bonchev–Trinajstić information content (AvgIpc) is 1.43. The van der Waals surface area contributed by atoms with Crippen molar-refractivity contribution in [3.05, 3.63) is 384 Å². The van der Waals surface area contributed by atoms with Crippen LogP contribution in [0.3, 0.4) is 0 Å².